The molecule has 0 aliphatic carbocycles. The summed E-state index contributed by atoms with van der Waals surface area (Å²) < 4.78 is 0. The van der Waals surface area contributed by atoms with Crippen LogP contribution in [0.25, 0.3) is 0 Å². The molecule has 1 saturated heterocycles. The van der Waals surface area contributed by atoms with Gasteiger partial charge < -0.3 is 5.32 Å². The van der Waals surface area contributed by atoms with E-state index in [0.29, 0.717) is 6.04 Å². The average Bonchev–Trinajstić information content (AvgIpc) is 2.51. The molecule has 0 radical (unpaired) electrons. The fourth-order valence-electron chi connectivity index (χ4n) is 2.61. The lowest BCUT2D eigenvalue weighted by Gasteiger charge is -2.25. The van der Waals surface area contributed by atoms with Crippen LogP contribution in [-0.4, -0.2) is 6.54 Å². The van der Waals surface area contributed by atoms with Gasteiger partial charge in [0.15, 0.2) is 0 Å². The maximum atomic E-state index is 5.95. The topological polar surface area (TPSA) is 12.0 Å². The molecule has 1 fully saturated rings. The van der Waals surface area contributed by atoms with Crippen LogP contribution in [0.5, 0.6) is 0 Å². The number of rotatable bonds is 3. The molecule has 2 aromatic rings. The molecule has 0 bridgehead atoms. The van der Waals surface area contributed by atoms with E-state index in [1.807, 2.05) is 23.9 Å². The van der Waals surface area contributed by atoms with Crippen LogP contribution in [0, 0.1) is 0 Å². The molecule has 1 nitrogen and oxygen atoms in total. The van der Waals surface area contributed by atoms with Gasteiger partial charge in [-0.25, -0.2) is 0 Å². The number of halogens is 1. The highest BCUT2D eigenvalue weighted by Gasteiger charge is 2.17. The fourth-order valence-corrected chi connectivity index (χ4v) is 3.74. The van der Waals surface area contributed by atoms with Gasteiger partial charge in [-0.1, -0.05) is 48.0 Å². The lowest BCUT2D eigenvalue weighted by atomic mass is 9.98. The fraction of sp³-hybridized carbons (Fsp3) is 0.294. The molecule has 0 spiro atoms. The van der Waals surface area contributed by atoms with Crippen molar-refractivity contribution in [2.75, 3.05) is 6.54 Å². The molecule has 0 amide bonds. The molecule has 3 heteroatoms. The first-order chi connectivity index (χ1) is 9.83. The minimum atomic E-state index is 0.500. The van der Waals surface area contributed by atoms with E-state index in [4.69, 9.17) is 11.6 Å². The number of piperidine rings is 1. The van der Waals surface area contributed by atoms with Gasteiger partial charge in [0.2, 0.25) is 0 Å². The SMILES string of the molecule is Clc1ccc(Sc2ccccc2[C@@H]2CCCCN2)cc1. The van der Waals surface area contributed by atoms with Crippen molar-refractivity contribution < 1.29 is 0 Å². The zero-order valence-corrected chi connectivity index (χ0v) is 12.9. The van der Waals surface area contributed by atoms with Crippen molar-refractivity contribution in [3.8, 4) is 0 Å². The van der Waals surface area contributed by atoms with E-state index in [2.05, 4.69) is 41.7 Å². The second-order valence-electron chi connectivity index (χ2n) is 5.10. The van der Waals surface area contributed by atoms with Crippen LogP contribution in [0.1, 0.15) is 30.9 Å². The number of hydrogen-bond acceptors (Lipinski definition) is 2. The molecule has 3 rings (SSSR count). The summed E-state index contributed by atoms with van der Waals surface area (Å²) in [5.74, 6) is 0. The van der Waals surface area contributed by atoms with E-state index in [9.17, 15) is 0 Å². The zero-order valence-electron chi connectivity index (χ0n) is 11.3. The molecule has 104 valence electrons. The van der Waals surface area contributed by atoms with Crippen LogP contribution in [0.2, 0.25) is 5.02 Å². The number of hydrogen-bond donors (Lipinski definition) is 1. The third kappa shape index (κ3) is 3.38. The van der Waals surface area contributed by atoms with Crippen molar-refractivity contribution in [2.45, 2.75) is 35.1 Å². The summed E-state index contributed by atoms with van der Waals surface area (Å²) in [7, 11) is 0. The van der Waals surface area contributed by atoms with Gasteiger partial charge in [0.1, 0.15) is 0 Å². The summed E-state index contributed by atoms with van der Waals surface area (Å²) in [5.41, 5.74) is 1.42. The lowest BCUT2D eigenvalue weighted by molar-refractivity contribution is 0.408. The third-order valence-electron chi connectivity index (χ3n) is 3.65. The van der Waals surface area contributed by atoms with Gasteiger partial charge >= 0.3 is 0 Å². The molecule has 1 N–H and O–H groups in total. The quantitative estimate of drug-likeness (QED) is 0.825. The summed E-state index contributed by atoms with van der Waals surface area (Å²) in [4.78, 5) is 2.58. The normalized spacial score (nSPS) is 18.9. The molecule has 0 unspecified atom stereocenters. The molecular formula is C17H18ClNS. The molecule has 2 aromatic carbocycles. The van der Waals surface area contributed by atoms with E-state index in [0.717, 1.165) is 11.6 Å². The predicted molar refractivity (Wildman–Crippen MR) is 86.6 cm³/mol. The Kier molecular flexibility index (Phi) is 4.66. The molecule has 1 atom stereocenters. The first-order valence-corrected chi connectivity index (χ1v) is 8.28. The molecule has 1 heterocycles. The predicted octanol–water partition coefficient (Wildman–Crippen LogP) is 5.31. The van der Waals surface area contributed by atoms with E-state index < -0.39 is 0 Å². The van der Waals surface area contributed by atoms with Gasteiger partial charge in [-0.05, 0) is 55.3 Å². The van der Waals surface area contributed by atoms with Crippen LogP contribution in [0.3, 0.4) is 0 Å². The Morgan fingerprint density at radius 3 is 2.55 bits per heavy atom. The number of nitrogens with one attached hydrogen (secondary N) is 1. The Morgan fingerprint density at radius 1 is 1.00 bits per heavy atom. The monoisotopic (exact) mass is 303 g/mol. The zero-order chi connectivity index (χ0) is 13.8. The first-order valence-electron chi connectivity index (χ1n) is 7.09. The summed E-state index contributed by atoms with van der Waals surface area (Å²) in [6, 6.07) is 17.3. The maximum Gasteiger partial charge on any atom is 0.0406 e. The Morgan fingerprint density at radius 2 is 1.80 bits per heavy atom. The smallest absolute Gasteiger partial charge is 0.0406 e. The Balaban J connectivity index is 1.83. The van der Waals surface area contributed by atoms with Crippen molar-refractivity contribution in [3.63, 3.8) is 0 Å². The van der Waals surface area contributed by atoms with Gasteiger partial charge in [-0.3, -0.25) is 0 Å². The summed E-state index contributed by atoms with van der Waals surface area (Å²) >= 11 is 7.77. The van der Waals surface area contributed by atoms with E-state index in [-0.39, 0.29) is 0 Å². The molecule has 0 aromatic heterocycles. The minimum absolute atomic E-state index is 0.500. The van der Waals surface area contributed by atoms with Crippen LogP contribution in [0.15, 0.2) is 58.3 Å². The molecule has 1 aliphatic heterocycles. The van der Waals surface area contributed by atoms with E-state index in [1.165, 1.54) is 34.6 Å². The second-order valence-corrected chi connectivity index (χ2v) is 6.65. The highest BCUT2D eigenvalue weighted by Crippen LogP contribution is 2.35. The van der Waals surface area contributed by atoms with Crippen molar-refractivity contribution in [1.29, 1.82) is 0 Å². The Labute approximate surface area is 129 Å². The first kappa shape index (κ1) is 14.0. The summed E-state index contributed by atoms with van der Waals surface area (Å²) in [5, 5.41) is 4.42. The van der Waals surface area contributed by atoms with Gasteiger partial charge in [-0.15, -0.1) is 0 Å². The van der Waals surface area contributed by atoms with Crippen molar-refractivity contribution in [3.05, 3.63) is 59.1 Å². The average molecular weight is 304 g/mol. The van der Waals surface area contributed by atoms with Crippen molar-refractivity contribution in [1.82, 2.24) is 5.32 Å². The van der Waals surface area contributed by atoms with Crippen LogP contribution in [0.4, 0.5) is 0 Å². The molecule has 20 heavy (non-hydrogen) atoms. The Hall–Kier alpha value is -0.960. The summed E-state index contributed by atoms with van der Waals surface area (Å²) in [6.07, 6.45) is 3.85. The van der Waals surface area contributed by atoms with Crippen molar-refractivity contribution in [2.24, 2.45) is 0 Å². The van der Waals surface area contributed by atoms with Crippen molar-refractivity contribution >= 4 is 23.4 Å². The summed E-state index contributed by atoms with van der Waals surface area (Å²) in [6.45, 7) is 1.13. The Bertz CT molecular complexity index is 561. The maximum absolute atomic E-state index is 5.95. The standard InChI is InChI=1S/C17H18ClNS/c18-13-8-10-14(11-9-13)20-17-7-2-1-5-15(17)16-6-3-4-12-19-16/h1-2,5,7-11,16,19H,3-4,6,12H2/t16-/m0/s1. The van der Waals surface area contributed by atoms with E-state index >= 15 is 0 Å². The minimum Gasteiger partial charge on any atom is -0.310 e. The third-order valence-corrected chi connectivity index (χ3v) is 5.00. The molecular weight excluding hydrogens is 286 g/mol. The lowest BCUT2D eigenvalue weighted by Crippen LogP contribution is -2.27. The molecule has 1 aliphatic rings. The van der Waals surface area contributed by atoms with Crippen LogP contribution < -0.4 is 5.32 Å². The largest absolute Gasteiger partial charge is 0.310 e. The molecule has 0 saturated carbocycles. The van der Waals surface area contributed by atoms with Gasteiger partial charge in [0, 0.05) is 20.9 Å². The van der Waals surface area contributed by atoms with Gasteiger partial charge in [0.25, 0.3) is 0 Å². The van der Waals surface area contributed by atoms with E-state index in [1.54, 1.807) is 0 Å². The van der Waals surface area contributed by atoms with Crippen LogP contribution >= 0.6 is 23.4 Å². The second kappa shape index (κ2) is 6.66. The van der Waals surface area contributed by atoms with Crippen LogP contribution in [-0.2, 0) is 0 Å². The van der Waals surface area contributed by atoms with Gasteiger partial charge in [0.05, 0.1) is 0 Å². The number of benzene rings is 2. The van der Waals surface area contributed by atoms with Gasteiger partial charge in [-0.2, -0.15) is 0 Å². The highest BCUT2D eigenvalue weighted by molar-refractivity contribution is 7.99. The highest BCUT2D eigenvalue weighted by atomic mass is 35.5.